The van der Waals surface area contributed by atoms with Gasteiger partial charge in [-0.2, -0.15) is 0 Å². The number of fused-ring (bicyclic) bond motifs is 2. The number of amidine groups is 1. The highest BCUT2D eigenvalue weighted by atomic mass is 32.2. The van der Waals surface area contributed by atoms with Gasteiger partial charge in [0.25, 0.3) is 0 Å². The van der Waals surface area contributed by atoms with E-state index in [4.69, 9.17) is 15.9 Å². The number of carbonyl (C=O) groups excluding carboxylic acids is 1. The van der Waals surface area contributed by atoms with Gasteiger partial charge in [-0.15, -0.1) is 0 Å². The molecule has 0 aliphatic carbocycles. The summed E-state index contributed by atoms with van der Waals surface area (Å²) in [5, 5.41) is 29.5. The number of carbonyl (C=O) groups is 2. The Balaban J connectivity index is 1.52. The molecule has 4 rings (SSSR count). The molecule has 38 heavy (non-hydrogen) atoms. The molecular weight excluding hydrogens is 504 g/mol. The number of ether oxygens (including phenoxy) is 1. The number of carboxylic acids is 1. The molecule has 0 aromatic heterocycles. The van der Waals surface area contributed by atoms with E-state index in [0.717, 1.165) is 40.5 Å². The summed E-state index contributed by atoms with van der Waals surface area (Å²) in [6.07, 6.45) is 0.0260. The molecule has 2 aliphatic rings. The zero-order chi connectivity index (χ0) is 27.8. The average molecular weight is 542 g/mol. The first kappa shape index (κ1) is 27.9. The zero-order valence-electron chi connectivity index (χ0n) is 22.3. The van der Waals surface area contributed by atoms with Gasteiger partial charge in [-0.05, 0) is 23.9 Å². The van der Waals surface area contributed by atoms with Crippen LogP contribution in [0.5, 0.6) is 5.75 Å². The third-order valence-corrected chi connectivity index (χ3v) is 8.51. The summed E-state index contributed by atoms with van der Waals surface area (Å²) in [6.45, 7) is 5.34. The number of benzene rings is 2. The Hall–Kier alpha value is -3.08. The number of hydrogen-bond acceptors (Lipinski definition) is 6. The summed E-state index contributed by atoms with van der Waals surface area (Å²) in [6, 6.07) is 11.7. The summed E-state index contributed by atoms with van der Waals surface area (Å²) in [5.41, 5.74) is 7.21. The molecule has 2 aliphatic heterocycles. The van der Waals surface area contributed by atoms with Gasteiger partial charge in [-0.3, -0.25) is 10.2 Å². The number of thioether (sulfide) groups is 1. The van der Waals surface area contributed by atoms with Crippen LogP contribution in [0.1, 0.15) is 19.4 Å². The van der Waals surface area contributed by atoms with Crippen LogP contribution in [0.3, 0.4) is 0 Å². The fourth-order valence-electron chi connectivity index (χ4n) is 5.62. The van der Waals surface area contributed by atoms with Crippen LogP contribution in [0, 0.1) is 17.2 Å². The normalized spacial score (nSPS) is 21.9. The lowest BCUT2D eigenvalue weighted by Gasteiger charge is -2.46. The maximum atomic E-state index is 12.6. The molecule has 0 bridgehead atoms. The van der Waals surface area contributed by atoms with Gasteiger partial charge in [-0.1, -0.05) is 49.0 Å². The molecule has 5 N–H and O–H groups in total. The molecule has 9 nitrogen and oxygen atoms in total. The van der Waals surface area contributed by atoms with Crippen molar-refractivity contribution in [1.29, 1.82) is 5.41 Å². The van der Waals surface area contributed by atoms with E-state index in [1.54, 1.807) is 6.92 Å². The Morgan fingerprint density at radius 3 is 2.55 bits per heavy atom. The van der Waals surface area contributed by atoms with E-state index in [0.29, 0.717) is 11.3 Å². The van der Waals surface area contributed by atoms with Crippen LogP contribution >= 0.6 is 11.8 Å². The molecule has 2 heterocycles. The number of nitrogens with zero attached hydrogens (tertiary/aromatic N) is 2. The average Bonchev–Trinajstić information content (AvgIpc) is 3.08. The van der Waals surface area contributed by atoms with E-state index < -0.39 is 18.0 Å². The number of aliphatic hydroxyl groups is 1. The predicted molar refractivity (Wildman–Crippen MR) is 149 cm³/mol. The van der Waals surface area contributed by atoms with Crippen molar-refractivity contribution in [2.45, 2.75) is 32.4 Å². The van der Waals surface area contributed by atoms with Gasteiger partial charge >= 0.3 is 5.97 Å². The van der Waals surface area contributed by atoms with Gasteiger partial charge in [0.15, 0.2) is 5.17 Å². The molecule has 1 saturated heterocycles. The van der Waals surface area contributed by atoms with E-state index in [9.17, 15) is 19.8 Å². The number of quaternary nitrogens is 1. The van der Waals surface area contributed by atoms with E-state index >= 15 is 0 Å². The van der Waals surface area contributed by atoms with Crippen LogP contribution in [0.15, 0.2) is 47.7 Å². The number of aliphatic hydroxyl groups excluding tert-OH is 1. The monoisotopic (exact) mass is 541 g/mol. The van der Waals surface area contributed by atoms with Crippen LogP contribution in [0.25, 0.3) is 10.8 Å². The molecule has 2 aromatic rings. The second-order valence-corrected chi connectivity index (χ2v) is 12.0. The SMILES string of the molecule is C[C@@H](O)[C@H]1C(=O)N2C(C(=O)O)=C(COc3cccc4c(CC[N+](C)(C)CCSC(=N)N)cccc34)[C@H](C)[C@H]12. The molecule has 0 unspecified atom stereocenters. The quantitative estimate of drug-likeness (QED) is 0.149. The first-order chi connectivity index (χ1) is 17.9. The minimum absolute atomic E-state index is 0.0201. The Kier molecular flexibility index (Phi) is 8.06. The van der Waals surface area contributed by atoms with Crippen molar-refractivity contribution >= 4 is 39.6 Å². The van der Waals surface area contributed by atoms with E-state index in [-0.39, 0.29) is 35.3 Å². The van der Waals surface area contributed by atoms with Crippen LogP contribution in [-0.4, -0.2) is 88.3 Å². The second-order valence-electron chi connectivity index (χ2n) is 10.8. The lowest BCUT2D eigenvalue weighted by Crippen LogP contribution is -2.63. The zero-order valence-corrected chi connectivity index (χ0v) is 23.1. The van der Waals surface area contributed by atoms with Gasteiger partial charge < -0.3 is 30.1 Å². The van der Waals surface area contributed by atoms with Crippen LogP contribution in [0.4, 0.5) is 0 Å². The first-order valence-corrected chi connectivity index (χ1v) is 13.8. The fourth-order valence-corrected chi connectivity index (χ4v) is 6.42. The summed E-state index contributed by atoms with van der Waals surface area (Å²) >= 11 is 1.36. The third-order valence-electron chi connectivity index (χ3n) is 7.81. The summed E-state index contributed by atoms with van der Waals surface area (Å²) in [4.78, 5) is 26.0. The Bertz CT molecular complexity index is 1290. The molecule has 204 valence electrons. The number of nitrogens with one attached hydrogen (secondary N) is 1. The topological polar surface area (TPSA) is 137 Å². The summed E-state index contributed by atoms with van der Waals surface area (Å²) in [5.74, 6) is -0.873. The number of carboxylic acid groups (broad SMARTS) is 1. The number of amides is 1. The lowest BCUT2D eigenvalue weighted by atomic mass is 9.78. The number of nitrogens with two attached hydrogens (primary N) is 1. The number of β-lactam (4-membered cyclic amide) rings is 1. The standard InChI is InChI=1S/C28H36N4O5S/c1-16-21(25(27(35)36)31-24(16)23(17(2)33)26(31)34)15-37-22-10-6-8-19-18(7-5-9-20(19)22)11-12-32(3,4)13-14-38-28(29)30/h5-10,16-17,23-24,33H,11-15H2,1-4H3,(H3-,29,30,35,36)/p+1/t16-,17+,23+,24+/m0/s1. The molecule has 0 saturated carbocycles. The highest BCUT2D eigenvalue weighted by molar-refractivity contribution is 8.13. The van der Waals surface area contributed by atoms with Crippen LogP contribution in [-0.2, 0) is 16.0 Å². The minimum atomic E-state index is -1.15. The van der Waals surface area contributed by atoms with Crippen molar-refractivity contribution in [2.75, 3.05) is 39.5 Å². The molecular formula is C28H37N4O5S+. The molecule has 10 heteroatoms. The first-order valence-electron chi connectivity index (χ1n) is 12.8. The van der Waals surface area contributed by atoms with Crippen molar-refractivity contribution in [1.82, 2.24) is 4.90 Å². The number of aliphatic carboxylic acids is 1. The Morgan fingerprint density at radius 2 is 1.89 bits per heavy atom. The molecule has 1 amide bonds. The Labute approximate surface area is 227 Å². The Morgan fingerprint density at radius 1 is 1.21 bits per heavy atom. The maximum Gasteiger partial charge on any atom is 0.352 e. The van der Waals surface area contributed by atoms with Crippen molar-refractivity contribution < 1.29 is 29.0 Å². The number of rotatable bonds is 11. The van der Waals surface area contributed by atoms with E-state index in [1.807, 2.05) is 31.2 Å². The summed E-state index contributed by atoms with van der Waals surface area (Å²) in [7, 11) is 4.35. The smallest absolute Gasteiger partial charge is 0.352 e. The number of likely N-dealkylation sites (N-methyl/N-ethyl adjacent to an activating group) is 1. The molecule has 1 fully saturated rings. The maximum absolute atomic E-state index is 12.6. The highest BCUT2D eigenvalue weighted by Gasteiger charge is 2.59. The highest BCUT2D eigenvalue weighted by Crippen LogP contribution is 2.47. The third kappa shape index (κ3) is 5.39. The fraction of sp³-hybridized carbons (Fsp3) is 0.464. The van der Waals surface area contributed by atoms with Crippen LogP contribution in [0.2, 0.25) is 0 Å². The second kappa shape index (κ2) is 11.0. The van der Waals surface area contributed by atoms with Gasteiger partial charge in [-0.25, -0.2) is 4.79 Å². The molecule has 0 radical (unpaired) electrons. The van der Waals surface area contributed by atoms with Gasteiger partial charge in [0.1, 0.15) is 18.1 Å². The van der Waals surface area contributed by atoms with Crippen LogP contribution < -0.4 is 10.5 Å². The lowest BCUT2D eigenvalue weighted by molar-refractivity contribution is -0.887. The molecule has 0 spiro atoms. The molecule has 4 atom stereocenters. The number of hydrogen-bond donors (Lipinski definition) is 4. The largest absolute Gasteiger partial charge is 0.488 e. The van der Waals surface area contributed by atoms with Crippen molar-refractivity contribution in [2.24, 2.45) is 17.6 Å². The van der Waals surface area contributed by atoms with E-state index in [1.165, 1.54) is 22.2 Å². The predicted octanol–water partition coefficient (Wildman–Crippen LogP) is 2.66. The van der Waals surface area contributed by atoms with Crippen molar-refractivity contribution in [3.8, 4) is 5.75 Å². The van der Waals surface area contributed by atoms with Crippen molar-refractivity contribution in [3.05, 3.63) is 53.2 Å². The van der Waals surface area contributed by atoms with Gasteiger partial charge in [0.2, 0.25) is 5.91 Å². The van der Waals surface area contributed by atoms with Gasteiger partial charge in [0.05, 0.1) is 51.0 Å². The minimum Gasteiger partial charge on any atom is -0.488 e. The van der Waals surface area contributed by atoms with Gasteiger partial charge in [0, 0.05) is 23.3 Å². The summed E-state index contributed by atoms with van der Waals surface area (Å²) < 4.78 is 7.03. The van der Waals surface area contributed by atoms with Crippen molar-refractivity contribution in [3.63, 3.8) is 0 Å². The van der Waals surface area contributed by atoms with E-state index in [2.05, 4.69) is 26.2 Å². The molecule has 2 aromatic carbocycles.